The monoisotopic (exact) mass is 465 g/mol. The van der Waals surface area contributed by atoms with Crippen LogP contribution in [0.5, 0.6) is 11.5 Å². The topological polar surface area (TPSA) is 72.9 Å². The van der Waals surface area contributed by atoms with Crippen LogP contribution in [-0.2, 0) is 21.2 Å². The Labute approximate surface area is 189 Å². The predicted octanol–water partition coefficient (Wildman–Crippen LogP) is 4.03. The molecule has 1 aliphatic heterocycles. The fourth-order valence-corrected chi connectivity index (χ4v) is 5.49. The molecule has 0 bridgehead atoms. The van der Waals surface area contributed by atoms with Crippen LogP contribution in [0.1, 0.15) is 31.4 Å². The maximum atomic E-state index is 13.3. The van der Waals surface area contributed by atoms with E-state index in [2.05, 4.69) is 0 Å². The molecule has 0 radical (unpaired) electrons. The predicted molar refractivity (Wildman–Crippen MR) is 121 cm³/mol. The van der Waals surface area contributed by atoms with Crippen molar-refractivity contribution in [1.82, 2.24) is 4.90 Å². The van der Waals surface area contributed by atoms with Gasteiger partial charge in [-0.3, -0.25) is 4.79 Å². The van der Waals surface area contributed by atoms with Crippen LogP contribution in [0.3, 0.4) is 0 Å². The number of carbonyl (C=O) groups is 1. The number of hydrogen-bond acceptors (Lipinski definition) is 5. The number of halogens is 1. The molecular weight excluding hydrogens is 438 g/mol. The molecule has 1 fully saturated rings. The van der Waals surface area contributed by atoms with Gasteiger partial charge in [0.05, 0.1) is 18.1 Å². The van der Waals surface area contributed by atoms with E-state index in [0.717, 1.165) is 16.9 Å². The Morgan fingerprint density at radius 3 is 2.45 bits per heavy atom. The highest BCUT2D eigenvalue weighted by Crippen LogP contribution is 2.25. The summed E-state index contributed by atoms with van der Waals surface area (Å²) in [5.41, 5.74) is 1.75. The van der Waals surface area contributed by atoms with Crippen LogP contribution in [0.2, 0.25) is 5.02 Å². The second kappa shape index (κ2) is 9.92. The number of ether oxygens (including phenoxy) is 2. The molecule has 0 spiro atoms. The van der Waals surface area contributed by atoms with Gasteiger partial charge in [0.2, 0.25) is 0 Å². The highest BCUT2D eigenvalue weighted by atomic mass is 35.5. The van der Waals surface area contributed by atoms with Gasteiger partial charge in [-0.1, -0.05) is 23.7 Å². The van der Waals surface area contributed by atoms with Gasteiger partial charge in [0.15, 0.2) is 15.9 Å². The van der Waals surface area contributed by atoms with Crippen LogP contribution in [0.15, 0.2) is 42.5 Å². The lowest BCUT2D eigenvalue weighted by Gasteiger charge is -2.31. The molecule has 2 atom stereocenters. The number of rotatable bonds is 8. The smallest absolute Gasteiger partial charge is 0.263 e. The highest BCUT2D eigenvalue weighted by Gasteiger charge is 2.36. The van der Waals surface area contributed by atoms with Crippen LogP contribution in [0, 0.1) is 6.92 Å². The molecule has 6 nitrogen and oxygen atoms in total. The van der Waals surface area contributed by atoms with Gasteiger partial charge in [0.1, 0.15) is 11.5 Å². The number of sulfone groups is 1. The van der Waals surface area contributed by atoms with Crippen molar-refractivity contribution < 1.29 is 22.7 Å². The second-order valence-electron chi connectivity index (χ2n) is 7.77. The Balaban J connectivity index is 1.79. The lowest BCUT2D eigenvalue weighted by atomic mass is 10.1. The molecule has 1 saturated heterocycles. The van der Waals surface area contributed by atoms with Crippen LogP contribution < -0.4 is 9.47 Å². The highest BCUT2D eigenvalue weighted by molar-refractivity contribution is 7.91. The van der Waals surface area contributed by atoms with Gasteiger partial charge < -0.3 is 14.4 Å². The van der Waals surface area contributed by atoms with E-state index in [-0.39, 0.29) is 23.5 Å². The fourth-order valence-electron chi connectivity index (χ4n) is 3.64. The summed E-state index contributed by atoms with van der Waals surface area (Å²) in [7, 11) is -3.14. The third kappa shape index (κ3) is 6.14. The molecular formula is C23H28ClNO5S. The Hall–Kier alpha value is -2.25. The average molecular weight is 466 g/mol. The van der Waals surface area contributed by atoms with E-state index in [1.807, 2.05) is 38.1 Å². The first kappa shape index (κ1) is 23.4. The van der Waals surface area contributed by atoms with E-state index < -0.39 is 15.9 Å². The molecule has 8 heteroatoms. The SMILES string of the molecule is CCOc1ccc(CN(C(=O)[C@@H](C)Oc2ccc(Cl)c(C)c2)[C@@H]2CCS(=O)(=O)C2)cc1. The molecule has 0 saturated carbocycles. The van der Waals surface area contributed by atoms with E-state index in [1.165, 1.54) is 0 Å². The van der Waals surface area contributed by atoms with Gasteiger partial charge in [0, 0.05) is 17.6 Å². The normalized spacial score (nSPS) is 18.4. The Morgan fingerprint density at radius 1 is 1.19 bits per heavy atom. The largest absolute Gasteiger partial charge is 0.494 e. The molecule has 2 aromatic carbocycles. The summed E-state index contributed by atoms with van der Waals surface area (Å²) < 4.78 is 35.5. The summed E-state index contributed by atoms with van der Waals surface area (Å²) in [6.45, 7) is 6.34. The molecule has 1 amide bonds. The Bertz CT molecular complexity index is 1020. The fraction of sp³-hybridized carbons (Fsp3) is 0.435. The average Bonchev–Trinajstić information content (AvgIpc) is 3.09. The number of hydrogen-bond donors (Lipinski definition) is 0. The van der Waals surface area contributed by atoms with Gasteiger partial charge in [-0.25, -0.2) is 8.42 Å². The molecule has 0 aliphatic carbocycles. The van der Waals surface area contributed by atoms with E-state index in [1.54, 1.807) is 30.0 Å². The lowest BCUT2D eigenvalue weighted by molar-refractivity contribution is -0.140. The summed E-state index contributed by atoms with van der Waals surface area (Å²) in [6.07, 6.45) is -0.343. The lowest BCUT2D eigenvalue weighted by Crippen LogP contribution is -2.46. The number of benzene rings is 2. The minimum absolute atomic E-state index is 0.0253. The molecule has 1 aliphatic rings. The third-order valence-electron chi connectivity index (χ3n) is 5.31. The molecule has 1 heterocycles. The van der Waals surface area contributed by atoms with Crippen molar-refractivity contribution in [1.29, 1.82) is 0 Å². The van der Waals surface area contributed by atoms with Crippen LogP contribution >= 0.6 is 11.6 Å². The van der Waals surface area contributed by atoms with Gasteiger partial charge in [-0.05, 0) is 68.7 Å². The summed E-state index contributed by atoms with van der Waals surface area (Å²) >= 11 is 6.07. The van der Waals surface area contributed by atoms with Gasteiger partial charge >= 0.3 is 0 Å². The third-order valence-corrected chi connectivity index (χ3v) is 7.48. The van der Waals surface area contributed by atoms with Crippen molar-refractivity contribution in [3.8, 4) is 11.5 Å². The minimum atomic E-state index is -3.14. The quantitative estimate of drug-likeness (QED) is 0.588. The molecule has 0 aromatic heterocycles. The van der Waals surface area contributed by atoms with Crippen LogP contribution in [0.4, 0.5) is 0 Å². The van der Waals surface area contributed by atoms with Crippen molar-refractivity contribution in [3.05, 3.63) is 58.6 Å². The summed E-state index contributed by atoms with van der Waals surface area (Å²) in [4.78, 5) is 15.0. The van der Waals surface area contributed by atoms with Crippen molar-refractivity contribution >= 4 is 27.3 Å². The number of amides is 1. The maximum absolute atomic E-state index is 13.3. The number of aryl methyl sites for hydroxylation is 1. The summed E-state index contributed by atoms with van der Waals surface area (Å²) in [6, 6.07) is 12.3. The first-order valence-electron chi connectivity index (χ1n) is 10.3. The molecule has 3 rings (SSSR count). The Morgan fingerprint density at radius 2 is 1.87 bits per heavy atom. The number of nitrogens with zero attached hydrogens (tertiary/aromatic N) is 1. The molecule has 168 valence electrons. The molecule has 31 heavy (non-hydrogen) atoms. The minimum Gasteiger partial charge on any atom is -0.494 e. The van der Waals surface area contributed by atoms with E-state index in [0.29, 0.717) is 30.3 Å². The zero-order chi connectivity index (χ0) is 22.6. The van der Waals surface area contributed by atoms with Crippen molar-refractivity contribution in [2.24, 2.45) is 0 Å². The van der Waals surface area contributed by atoms with E-state index >= 15 is 0 Å². The van der Waals surface area contributed by atoms with Crippen LogP contribution in [-0.4, -0.2) is 49.5 Å². The van der Waals surface area contributed by atoms with Gasteiger partial charge in [0.25, 0.3) is 5.91 Å². The Kier molecular flexibility index (Phi) is 7.49. The van der Waals surface area contributed by atoms with Crippen molar-refractivity contribution in [3.63, 3.8) is 0 Å². The second-order valence-corrected chi connectivity index (χ2v) is 10.4. The number of carbonyl (C=O) groups excluding carboxylic acids is 1. The molecule has 0 N–H and O–H groups in total. The molecule has 0 unspecified atom stereocenters. The summed E-state index contributed by atoms with van der Waals surface area (Å²) in [5.74, 6) is 1.12. The van der Waals surface area contributed by atoms with Crippen LogP contribution in [0.25, 0.3) is 0 Å². The van der Waals surface area contributed by atoms with E-state index in [4.69, 9.17) is 21.1 Å². The van der Waals surface area contributed by atoms with Crippen molar-refractivity contribution in [2.45, 2.75) is 45.9 Å². The van der Waals surface area contributed by atoms with Crippen molar-refractivity contribution in [2.75, 3.05) is 18.1 Å². The zero-order valence-electron chi connectivity index (χ0n) is 18.0. The standard InChI is InChI=1S/C23H28ClNO5S/c1-4-29-20-7-5-18(6-8-20)14-25(19-11-12-31(27,28)15-19)23(26)17(3)30-21-9-10-22(24)16(2)13-21/h5-10,13,17,19H,4,11-12,14-15H2,1-3H3/t17-,19-/m1/s1. The first-order valence-corrected chi connectivity index (χ1v) is 12.5. The first-order chi connectivity index (χ1) is 14.7. The van der Waals surface area contributed by atoms with Gasteiger partial charge in [-0.2, -0.15) is 0 Å². The summed E-state index contributed by atoms with van der Waals surface area (Å²) in [5, 5.41) is 0.625. The zero-order valence-corrected chi connectivity index (χ0v) is 19.6. The van der Waals surface area contributed by atoms with E-state index in [9.17, 15) is 13.2 Å². The van der Waals surface area contributed by atoms with Gasteiger partial charge in [-0.15, -0.1) is 0 Å². The molecule has 2 aromatic rings. The maximum Gasteiger partial charge on any atom is 0.263 e.